The molecule has 0 aliphatic rings. The van der Waals surface area contributed by atoms with Crippen molar-refractivity contribution in [3.63, 3.8) is 0 Å². The van der Waals surface area contributed by atoms with Crippen LogP contribution in [0.5, 0.6) is 5.75 Å². The monoisotopic (exact) mass is 481 g/mol. The Bertz CT molecular complexity index is 1520. The molecule has 6 heteroatoms. The summed E-state index contributed by atoms with van der Waals surface area (Å²) in [6.45, 7) is 1.73. The number of hydrogen-bond donors (Lipinski definition) is 0. The predicted molar refractivity (Wildman–Crippen MR) is 139 cm³/mol. The zero-order chi connectivity index (χ0) is 24.4. The topological polar surface area (TPSA) is 59.8 Å². The van der Waals surface area contributed by atoms with Gasteiger partial charge in [0.15, 0.2) is 0 Å². The molecule has 1 heterocycles. The highest BCUT2D eigenvalue weighted by Gasteiger charge is 2.21. The van der Waals surface area contributed by atoms with Crippen molar-refractivity contribution in [2.75, 3.05) is 4.90 Å². The Labute approximate surface area is 206 Å². The van der Waals surface area contributed by atoms with E-state index < -0.39 is 6.09 Å². The predicted octanol–water partition coefficient (Wildman–Crippen LogP) is 7.76. The number of carbonyl (C=O) groups is 1. The Balaban J connectivity index is 1.50. The Hall–Kier alpha value is -4.35. The maximum Gasteiger partial charge on any atom is 0.424 e. The lowest BCUT2D eigenvalue weighted by molar-refractivity contribution is 0.210. The van der Waals surface area contributed by atoms with Crippen molar-refractivity contribution >= 4 is 40.0 Å². The van der Waals surface area contributed by atoms with Gasteiger partial charge in [-0.2, -0.15) is 0 Å². The van der Waals surface area contributed by atoms with Crippen molar-refractivity contribution in [3.05, 3.63) is 124 Å². The molecule has 172 valence electrons. The van der Waals surface area contributed by atoms with Gasteiger partial charge in [0, 0.05) is 11.1 Å². The fourth-order valence-corrected chi connectivity index (χ4v) is 4.09. The number of rotatable bonds is 4. The van der Waals surface area contributed by atoms with Crippen molar-refractivity contribution < 1.29 is 13.9 Å². The number of benzene rings is 4. The van der Waals surface area contributed by atoms with Gasteiger partial charge in [-0.05, 0) is 61.0 Å². The lowest BCUT2D eigenvalue weighted by atomic mass is 10.0. The number of halogens is 1. The molecule has 1 amide bonds. The summed E-state index contributed by atoms with van der Waals surface area (Å²) in [6.07, 6.45) is -0.585. The summed E-state index contributed by atoms with van der Waals surface area (Å²) in [4.78, 5) is 28.0. The molecule has 0 aliphatic heterocycles. The van der Waals surface area contributed by atoms with Crippen molar-refractivity contribution in [2.24, 2.45) is 0 Å². The normalized spacial score (nSPS) is 10.8. The molecule has 0 saturated carbocycles. The fraction of sp³-hybridized carbons (Fsp3) is 0.0345. The summed E-state index contributed by atoms with van der Waals surface area (Å²) in [5, 5.41) is 0.978. The molecule has 0 N–H and O–H groups in total. The van der Waals surface area contributed by atoms with E-state index in [4.69, 9.17) is 20.8 Å². The van der Waals surface area contributed by atoms with Crippen LogP contribution in [-0.2, 0) is 0 Å². The summed E-state index contributed by atoms with van der Waals surface area (Å²) >= 11 is 5.99. The Morgan fingerprint density at radius 2 is 1.43 bits per heavy atom. The molecule has 0 unspecified atom stereocenters. The van der Waals surface area contributed by atoms with Gasteiger partial charge in [0.2, 0.25) is 5.43 Å². The summed E-state index contributed by atoms with van der Waals surface area (Å²) in [7, 11) is 0. The van der Waals surface area contributed by atoms with Crippen LogP contribution in [0.1, 0.15) is 5.76 Å². The maximum atomic E-state index is 13.3. The average Bonchev–Trinajstić information content (AvgIpc) is 2.86. The highest BCUT2D eigenvalue weighted by Crippen LogP contribution is 2.29. The number of hydrogen-bond acceptors (Lipinski definition) is 4. The number of para-hydroxylation sites is 2. The SMILES string of the molecule is Cc1oc2cc(OC(=O)N(c3ccccc3)c3ccccc3)ccc2c(=O)c1-c1ccc(Cl)cc1. The number of amides is 1. The van der Waals surface area contributed by atoms with Crippen molar-refractivity contribution in [2.45, 2.75) is 6.92 Å². The van der Waals surface area contributed by atoms with E-state index in [0.29, 0.717) is 38.7 Å². The Kier molecular flexibility index (Phi) is 6.08. The van der Waals surface area contributed by atoms with E-state index in [1.807, 2.05) is 60.7 Å². The van der Waals surface area contributed by atoms with Crippen LogP contribution in [0.25, 0.3) is 22.1 Å². The van der Waals surface area contributed by atoms with Gasteiger partial charge in [0.05, 0.1) is 22.3 Å². The zero-order valence-electron chi connectivity index (χ0n) is 18.8. The average molecular weight is 482 g/mol. The second kappa shape index (κ2) is 9.49. The van der Waals surface area contributed by atoms with Gasteiger partial charge in [0.1, 0.15) is 17.1 Å². The standard InChI is InChI=1S/C29H20ClNO4/c1-19-27(20-12-14-21(30)15-13-20)28(32)25-17-16-24(18-26(25)34-19)35-29(33)31(22-8-4-2-5-9-22)23-10-6-3-7-11-23/h2-18H,1H3. The minimum absolute atomic E-state index is 0.167. The summed E-state index contributed by atoms with van der Waals surface area (Å²) in [5.74, 6) is 0.727. The summed E-state index contributed by atoms with van der Waals surface area (Å²) in [5.41, 5.74) is 2.69. The number of aryl methyl sites for hydroxylation is 1. The molecule has 0 fully saturated rings. The van der Waals surface area contributed by atoms with E-state index in [0.717, 1.165) is 5.56 Å². The molecule has 5 aromatic rings. The first-order valence-corrected chi connectivity index (χ1v) is 11.3. The number of fused-ring (bicyclic) bond motifs is 1. The van der Waals surface area contributed by atoms with Crippen LogP contribution in [0.4, 0.5) is 16.2 Å². The molecule has 0 spiro atoms. The maximum absolute atomic E-state index is 13.3. The van der Waals surface area contributed by atoms with Crippen molar-refractivity contribution in [1.29, 1.82) is 0 Å². The van der Waals surface area contributed by atoms with Gasteiger partial charge in [-0.25, -0.2) is 9.69 Å². The lowest BCUT2D eigenvalue weighted by Gasteiger charge is -2.22. The molecule has 0 radical (unpaired) electrons. The van der Waals surface area contributed by atoms with E-state index in [1.54, 1.807) is 49.4 Å². The molecule has 0 bridgehead atoms. The number of carbonyl (C=O) groups excluding carboxylic acids is 1. The first-order chi connectivity index (χ1) is 17.0. The summed E-state index contributed by atoms with van der Waals surface area (Å²) < 4.78 is 11.7. The molecular weight excluding hydrogens is 462 g/mol. The Morgan fingerprint density at radius 1 is 0.829 bits per heavy atom. The third kappa shape index (κ3) is 4.54. The van der Waals surface area contributed by atoms with Crippen LogP contribution < -0.4 is 15.1 Å². The minimum Gasteiger partial charge on any atom is -0.460 e. The van der Waals surface area contributed by atoms with Gasteiger partial charge in [0.25, 0.3) is 0 Å². The Morgan fingerprint density at radius 3 is 2.03 bits per heavy atom. The molecular formula is C29H20ClNO4. The zero-order valence-corrected chi connectivity index (χ0v) is 19.5. The molecule has 4 aromatic carbocycles. The van der Waals surface area contributed by atoms with Gasteiger partial charge in [-0.3, -0.25) is 4.79 Å². The van der Waals surface area contributed by atoms with Crippen LogP contribution in [0, 0.1) is 6.92 Å². The second-order valence-electron chi connectivity index (χ2n) is 7.90. The summed E-state index contributed by atoms with van der Waals surface area (Å²) in [6, 6.07) is 30.3. The molecule has 5 nitrogen and oxygen atoms in total. The third-order valence-electron chi connectivity index (χ3n) is 5.59. The van der Waals surface area contributed by atoms with E-state index in [9.17, 15) is 9.59 Å². The third-order valence-corrected chi connectivity index (χ3v) is 5.84. The minimum atomic E-state index is -0.585. The van der Waals surface area contributed by atoms with E-state index in [2.05, 4.69) is 0 Å². The number of nitrogens with zero attached hydrogens (tertiary/aromatic N) is 1. The number of anilines is 2. The lowest BCUT2D eigenvalue weighted by Crippen LogP contribution is -2.29. The van der Waals surface area contributed by atoms with Crippen LogP contribution in [-0.4, -0.2) is 6.09 Å². The number of ether oxygens (including phenoxy) is 1. The highest BCUT2D eigenvalue weighted by atomic mass is 35.5. The first-order valence-electron chi connectivity index (χ1n) is 11.0. The smallest absolute Gasteiger partial charge is 0.424 e. The molecule has 0 saturated heterocycles. The molecule has 35 heavy (non-hydrogen) atoms. The molecule has 0 aliphatic carbocycles. The first kappa shape index (κ1) is 22.4. The van der Waals surface area contributed by atoms with E-state index in [1.165, 1.54) is 4.90 Å². The molecule has 0 atom stereocenters. The van der Waals surface area contributed by atoms with Crippen LogP contribution in [0.2, 0.25) is 5.02 Å². The van der Waals surface area contributed by atoms with Gasteiger partial charge < -0.3 is 9.15 Å². The van der Waals surface area contributed by atoms with Crippen molar-refractivity contribution in [1.82, 2.24) is 0 Å². The van der Waals surface area contributed by atoms with E-state index in [-0.39, 0.29) is 11.2 Å². The molecule has 1 aromatic heterocycles. The largest absolute Gasteiger partial charge is 0.460 e. The van der Waals surface area contributed by atoms with Gasteiger partial charge in [-0.15, -0.1) is 0 Å². The van der Waals surface area contributed by atoms with Gasteiger partial charge >= 0.3 is 6.09 Å². The van der Waals surface area contributed by atoms with Crippen LogP contribution >= 0.6 is 11.6 Å². The molecule has 5 rings (SSSR count). The van der Waals surface area contributed by atoms with E-state index >= 15 is 0 Å². The quantitative estimate of drug-likeness (QED) is 0.263. The van der Waals surface area contributed by atoms with Crippen molar-refractivity contribution in [3.8, 4) is 16.9 Å². The van der Waals surface area contributed by atoms with Crippen LogP contribution in [0.3, 0.4) is 0 Å². The highest BCUT2D eigenvalue weighted by molar-refractivity contribution is 6.30. The second-order valence-corrected chi connectivity index (χ2v) is 8.34. The van der Waals surface area contributed by atoms with Gasteiger partial charge in [-0.1, -0.05) is 60.1 Å². The fourth-order valence-electron chi connectivity index (χ4n) is 3.96. The van der Waals surface area contributed by atoms with Crippen LogP contribution in [0.15, 0.2) is 112 Å².